The van der Waals surface area contributed by atoms with Crippen molar-refractivity contribution in [3.63, 3.8) is 0 Å². The van der Waals surface area contributed by atoms with Gasteiger partial charge in [0, 0.05) is 29.2 Å². The number of aromatic nitrogens is 3. The lowest BCUT2D eigenvalue weighted by molar-refractivity contribution is -0.141. The molecule has 160 valence electrons. The van der Waals surface area contributed by atoms with Crippen LogP contribution in [0.3, 0.4) is 0 Å². The van der Waals surface area contributed by atoms with Gasteiger partial charge in [-0.3, -0.25) is 4.98 Å². The second-order valence-electron chi connectivity index (χ2n) is 6.78. The van der Waals surface area contributed by atoms with Gasteiger partial charge >= 0.3 is 12.1 Å². The van der Waals surface area contributed by atoms with Crippen LogP contribution in [0.15, 0.2) is 54.4 Å². The molecule has 0 fully saturated rings. The van der Waals surface area contributed by atoms with Gasteiger partial charge in [-0.25, -0.2) is 14.8 Å². The number of pyridine rings is 1. The Hall–Kier alpha value is -3.75. The number of hydrogen-bond acceptors (Lipinski definition) is 5. The molecule has 0 aliphatic carbocycles. The molecule has 0 unspecified atom stereocenters. The SMILES string of the molecule is CCC(=Cc1ccc(-c2cc(C)cc(Nc3nccc(C(F)(F)F)n3)c2)cn1)C(=O)O. The number of aliphatic carboxylic acids is 1. The first-order valence-corrected chi connectivity index (χ1v) is 9.35. The summed E-state index contributed by atoms with van der Waals surface area (Å²) < 4.78 is 38.6. The summed E-state index contributed by atoms with van der Waals surface area (Å²) >= 11 is 0. The molecule has 2 aromatic heterocycles. The fraction of sp³-hybridized carbons (Fsp3) is 0.182. The topological polar surface area (TPSA) is 88.0 Å². The van der Waals surface area contributed by atoms with E-state index in [2.05, 4.69) is 20.3 Å². The average Bonchev–Trinajstić information content (AvgIpc) is 2.71. The molecule has 0 aliphatic rings. The maximum atomic E-state index is 12.9. The first-order valence-electron chi connectivity index (χ1n) is 9.35. The van der Waals surface area contributed by atoms with E-state index in [1.807, 2.05) is 13.0 Å². The van der Waals surface area contributed by atoms with Crippen molar-refractivity contribution in [1.29, 1.82) is 0 Å². The first-order chi connectivity index (χ1) is 14.7. The number of rotatable bonds is 6. The van der Waals surface area contributed by atoms with E-state index in [1.54, 1.807) is 37.4 Å². The molecule has 6 nitrogen and oxygen atoms in total. The minimum absolute atomic E-state index is 0.161. The predicted molar refractivity (Wildman–Crippen MR) is 111 cm³/mol. The number of carboxylic acid groups (broad SMARTS) is 1. The summed E-state index contributed by atoms with van der Waals surface area (Å²) in [5.41, 5.74) is 2.69. The number of alkyl halides is 3. The lowest BCUT2D eigenvalue weighted by Gasteiger charge is -2.11. The van der Waals surface area contributed by atoms with E-state index >= 15 is 0 Å². The molecule has 9 heteroatoms. The molecule has 1 aromatic carbocycles. The van der Waals surface area contributed by atoms with Gasteiger partial charge in [-0.1, -0.05) is 19.1 Å². The maximum Gasteiger partial charge on any atom is 0.433 e. The second-order valence-corrected chi connectivity index (χ2v) is 6.78. The van der Waals surface area contributed by atoms with E-state index in [1.165, 1.54) is 6.08 Å². The van der Waals surface area contributed by atoms with Gasteiger partial charge in [-0.05, 0) is 54.8 Å². The smallest absolute Gasteiger partial charge is 0.433 e. The number of halogens is 3. The number of hydrogen-bond donors (Lipinski definition) is 2. The summed E-state index contributed by atoms with van der Waals surface area (Å²) in [6.07, 6.45) is -0.00607. The standard InChI is InChI=1S/C22H19F3N4O2/c1-3-14(20(30)31)10-17-5-4-15(12-27-17)16-8-13(2)9-18(11-16)28-21-26-7-6-19(29-21)22(23,24)25/h4-12H,3H2,1-2H3,(H,30,31)(H,26,28,29). The Morgan fingerprint density at radius 2 is 1.90 bits per heavy atom. The zero-order valence-electron chi connectivity index (χ0n) is 16.7. The molecule has 0 saturated heterocycles. The van der Waals surface area contributed by atoms with Crippen LogP contribution in [0.25, 0.3) is 17.2 Å². The Bertz CT molecular complexity index is 1130. The Morgan fingerprint density at radius 3 is 2.52 bits per heavy atom. The van der Waals surface area contributed by atoms with Crippen molar-refractivity contribution >= 4 is 23.7 Å². The van der Waals surface area contributed by atoms with Gasteiger partial charge in [0.1, 0.15) is 5.69 Å². The number of carbonyl (C=O) groups is 1. The minimum atomic E-state index is -4.56. The van der Waals surface area contributed by atoms with E-state index in [9.17, 15) is 18.0 Å². The van der Waals surface area contributed by atoms with E-state index < -0.39 is 17.8 Å². The molecular formula is C22H19F3N4O2. The molecule has 31 heavy (non-hydrogen) atoms. The fourth-order valence-corrected chi connectivity index (χ4v) is 2.88. The highest BCUT2D eigenvalue weighted by molar-refractivity contribution is 5.91. The monoisotopic (exact) mass is 428 g/mol. The molecule has 0 spiro atoms. The van der Waals surface area contributed by atoms with Crippen molar-refractivity contribution in [2.45, 2.75) is 26.4 Å². The molecule has 0 amide bonds. The van der Waals surface area contributed by atoms with Crippen molar-refractivity contribution < 1.29 is 23.1 Å². The summed E-state index contributed by atoms with van der Waals surface area (Å²) in [7, 11) is 0. The van der Waals surface area contributed by atoms with Gasteiger partial charge in [0.15, 0.2) is 0 Å². The largest absolute Gasteiger partial charge is 0.478 e. The molecule has 3 rings (SSSR count). The highest BCUT2D eigenvalue weighted by atomic mass is 19.4. The third-order valence-electron chi connectivity index (χ3n) is 4.38. The van der Waals surface area contributed by atoms with Crippen molar-refractivity contribution in [1.82, 2.24) is 15.0 Å². The number of nitrogens with one attached hydrogen (secondary N) is 1. The second kappa shape index (κ2) is 8.95. The van der Waals surface area contributed by atoms with Gasteiger partial charge in [-0.15, -0.1) is 0 Å². The highest BCUT2D eigenvalue weighted by Gasteiger charge is 2.32. The van der Waals surface area contributed by atoms with E-state index in [0.717, 1.165) is 29.0 Å². The van der Waals surface area contributed by atoms with Gasteiger partial charge in [0.05, 0.1) is 5.69 Å². The Labute approximate surface area is 176 Å². The lowest BCUT2D eigenvalue weighted by atomic mass is 10.0. The van der Waals surface area contributed by atoms with Crippen LogP contribution in [0.4, 0.5) is 24.8 Å². The molecule has 2 N–H and O–H groups in total. The Kier molecular flexibility index (Phi) is 6.33. The summed E-state index contributed by atoms with van der Waals surface area (Å²) in [4.78, 5) is 22.8. The van der Waals surface area contributed by atoms with Crippen LogP contribution in [-0.2, 0) is 11.0 Å². The van der Waals surface area contributed by atoms with Crippen LogP contribution in [0.5, 0.6) is 0 Å². The predicted octanol–water partition coefficient (Wildman–Crippen LogP) is 5.49. The fourth-order valence-electron chi connectivity index (χ4n) is 2.88. The Morgan fingerprint density at radius 1 is 1.13 bits per heavy atom. The summed E-state index contributed by atoms with van der Waals surface area (Å²) in [6, 6.07) is 9.73. The zero-order valence-corrected chi connectivity index (χ0v) is 16.7. The molecule has 3 aromatic rings. The van der Waals surface area contributed by atoms with Gasteiger partial charge in [-0.2, -0.15) is 13.2 Å². The quantitative estimate of drug-likeness (QED) is 0.505. The van der Waals surface area contributed by atoms with Crippen molar-refractivity contribution in [3.05, 3.63) is 71.3 Å². The third-order valence-corrected chi connectivity index (χ3v) is 4.38. The summed E-state index contributed by atoms with van der Waals surface area (Å²) in [5, 5.41) is 11.9. The molecule has 0 aliphatic heterocycles. The average molecular weight is 428 g/mol. The maximum absolute atomic E-state index is 12.9. The Balaban J connectivity index is 1.87. The van der Waals surface area contributed by atoms with Crippen LogP contribution >= 0.6 is 0 Å². The minimum Gasteiger partial charge on any atom is -0.478 e. The summed E-state index contributed by atoms with van der Waals surface area (Å²) in [5.74, 6) is -1.15. The molecule has 0 radical (unpaired) electrons. The number of aryl methyl sites for hydroxylation is 1. The van der Waals surface area contributed by atoms with Gasteiger partial charge in [0.2, 0.25) is 5.95 Å². The van der Waals surface area contributed by atoms with Crippen LogP contribution in [0, 0.1) is 6.92 Å². The zero-order chi connectivity index (χ0) is 22.6. The lowest BCUT2D eigenvalue weighted by Crippen LogP contribution is -2.10. The number of nitrogens with zero attached hydrogens (tertiary/aromatic N) is 3. The normalized spacial score (nSPS) is 12.0. The van der Waals surface area contributed by atoms with Crippen LogP contribution in [-0.4, -0.2) is 26.0 Å². The van der Waals surface area contributed by atoms with Gasteiger partial charge in [0.25, 0.3) is 0 Å². The van der Waals surface area contributed by atoms with Crippen molar-refractivity contribution in [2.24, 2.45) is 0 Å². The number of benzene rings is 1. The van der Waals surface area contributed by atoms with Crippen molar-refractivity contribution in [2.75, 3.05) is 5.32 Å². The van der Waals surface area contributed by atoms with E-state index in [-0.39, 0.29) is 11.5 Å². The third kappa shape index (κ3) is 5.65. The molecule has 2 heterocycles. The van der Waals surface area contributed by atoms with Crippen LogP contribution in [0.2, 0.25) is 0 Å². The summed E-state index contributed by atoms with van der Waals surface area (Å²) in [6.45, 7) is 3.61. The van der Waals surface area contributed by atoms with Crippen molar-refractivity contribution in [3.8, 4) is 11.1 Å². The highest BCUT2D eigenvalue weighted by Crippen LogP contribution is 2.29. The van der Waals surface area contributed by atoms with Crippen LogP contribution < -0.4 is 5.32 Å². The first kappa shape index (κ1) is 21.9. The molecule has 0 atom stereocenters. The number of carboxylic acids is 1. The number of anilines is 2. The van der Waals surface area contributed by atoms with Crippen LogP contribution in [0.1, 0.15) is 30.3 Å². The molecular weight excluding hydrogens is 409 g/mol. The van der Waals surface area contributed by atoms with E-state index in [4.69, 9.17) is 5.11 Å². The molecule has 0 saturated carbocycles. The molecule has 0 bridgehead atoms. The van der Waals surface area contributed by atoms with E-state index in [0.29, 0.717) is 17.8 Å². The van der Waals surface area contributed by atoms with Gasteiger partial charge < -0.3 is 10.4 Å².